The van der Waals surface area contributed by atoms with E-state index in [-0.39, 0.29) is 11.5 Å². The fraction of sp³-hybridized carbons (Fsp3) is 0.222. The molecule has 25 heavy (non-hydrogen) atoms. The normalized spacial score (nSPS) is 11.4. The molecule has 2 rings (SSSR count). The molecule has 0 unspecified atom stereocenters. The highest BCUT2D eigenvalue weighted by molar-refractivity contribution is 5.78. The van der Waals surface area contributed by atoms with Crippen LogP contribution in [-0.2, 0) is 4.79 Å². The van der Waals surface area contributed by atoms with Gasteiger partial charge >= 0.3 is 12.1 Å². The van der Waals surface area contributed by atoms with Crippen LogP contribution in [-0.4, -0.2) is 40.8 Å². The molecule has 7 heteroatoms. The highest BCUT2D eigenvalue weighted by Crippen LogP contribution is 2.24. The molecule has 0 radical (unpaired) electrons. The number of phenols is 1. The first-order valence-electron chi connectivity index (χ1n) is 7.54. The molecule has 0 saturated heterocycles. The predicted octanol–water partition coefficient (Wildman–Crippen LogP) is 3.05. The number of carboxylic acid groups (broad SMARTS) is 1. The minimum Gasteiger partial charge on any atom is -0.508 e. The van der Waals surface area contributed by atoms with Crippen LogP contribution in [0, 0.1) is 0 Å². The molecule has 0 heterocycles. The van der Waals surface area contributed by atoms with Gasteiger partial charge in [0.1, 0.15) is 23.8 Å². The van der Waals surface area contributed by atoms with Crippen molar-refractivity contribution in [2.75, 3.05) is 13.7 Å². The molecule has 2 aromatic carbocycles. The van der Waals surface area contributed by atoms with Crippen molar-refractivity contribution in [3.05, 3.63) is 54.1 Å². The van der Waals surface area contributed by atoms with E-state index in [0.717, 1.165) is 4.90 Å². The monoisotopic (exact) mass is 345 g/mol. The number of hydrogen-bond acceptors (Lipinski definition) is 5. The predicted molar refractivity (Wildman–Crippen MR) is 89.9 cm³/mol. The minimum absolute atomic E-state index is 0.0848. The van der Waals surface area contributed by atoms with Gasteiger partial charge in [0, 0.05) is 0 Å². The lowest BCUT2D eigenvalue weighted by Gasteiger charge is -2.27. The molecule has 0 aromatic heterocycles. The average Bonchev–Trinajstić information content (AvgIpc) is 2.60. The number of aromatic hydroxyl groups is 1. The third kappa shape index (κ3) is 4.87. The van der Waals surface area contributed by atoms with Crippen molar-refractivity contribution in [3.8, 4) is 17.2 Å². The van der Waals surface area contributed by atoms with E-state index in [0.29, 0.717) is 11.3 Å². The van der Waals surface area contributed by atoms with Gasteiger partial charge in [0.25, 0.3) is 0 Å². The second kappa shape index (κ2) is 8.05. The molecule has 0 aliphatic heterocycles. The van der Waals surface area contributed by atoms with Gasteiger partial charge in [-0.1, -0.05) is 12.1 Å². The zero-order valence-electron chi connectivity index (χ0n) is 13.9. The van der Waals surface area contributed by atoms with Gasteiger partial charge in [-0.2, -0.15) is 0 Å². The lowest BCUT2D eigenvalue weighted by atomic mass is 10.1. The number of nitrogens with zero attached hydrogens (tertiary/aromatic N) is 1. The zero-order valence-corrected chi connectivity index (χ0v) is 13.9. The Morgan fingerprint density at radius 2 is 1.60 bits per heavy atom. The van der Waals surface area contributed by atoms with Gasteiger partial charge in [-0.05, 0) is 48.9 Å². The number of aliphatic carboxylic acids is 1. The van der Waals surface area contributed by atoms with Crippen LogP contribution in [0.4, 0.5) is 4.79 Å². The fourth-order valence-corrected chi connectivity index (χ4v) is 2.24. The number of methoxy groups -OCH3 is 1. The number of benzene rings is 2. The van der Waals surface area contributed by atoms with E-state index in [1.807, 2.05) is 0 Å². The smallest absolute Gasteiger partial charge is 0.416 e. The summed E-state index contributed by atoms with van der Waals surface area (Å²) in [5, 5.41) is 18.5. The molecule has 0 spiro atoms. The van der Waals surface area contributed by atoms with Crippen LogP contribution in [0.2, 0.25) is 0 Å². The average molecular weight is 345 g/mol. The van der Waals surface area contributed by atoms with Crippen LogP contribution in [0.15, 0.2) is 48.5 Å². The van der Waals surface area contributed by atoms with Gasteiger partial charge in [-0.3, -0.25) is 9.69 Å². The Balaban J connectivity index is 2.18. The third-order valence-corrected chi connectivity index (χ3v) is 3.65. The summed E-state index contributed by atoms with van der Waals surface area (Å²) in [6.45, 7) is 1.17. The standard InChI is InChI=1S/C18H19NO6/c1-12(13-3-5-14(20)6-4-13)19(11-17(21)22)18(23)25-16-9-7-15(24-2)8-10-16/h3-10,12,20H,11H2,1-2H3,(H,21,22)/t12-/m0/s1. The summed E-state index contributed by atoms with van der Waals surface area (Å²) in [5.41, 5.74) is 0.672. The molecule has 0 aliphatic rings. The van der Waals surface area contributed by atoms with Crippen LogP contribution >= 0.6 is 0 Å². The Morgan fingerprint density at radius 3 is 2.12 bits per heavy atom. The van der Waals surface area contributed by atoms with Crippen molar-refractivity contribution in [3.63, 3.8) is 0 Å². The first kappa shape index (κ1) is 18.1. The molecule has 132 valence electrons. The second-order valence-corrected chi connectivity index (χ2v) is 5.33. The van der Waals surface area contributed by atoms with Crippen molar-refractivity contribution in [1.82, 2.24) is 4.90 Å². The topological polar surface area (TPSA) is 96.3 Å². The first-order chi connectivity index (χ1) is 11.9. The largest absolute Gasteiger partial charge is 0.508 e. The molecule has 1 amide bonds. The Hall–Kier alpha value is -3.22. The maximum absolute atomic E-state index is 12.4. The van der Waals surface area contributed by atoms with Crippen molar-refractivity contribution in [1.29, 1.82) is 0 Å². The summed E-state index contributed by atoms with van der Waals surface area (Å²) in [6.07, 6.45) is -0.784. The van der Waals surface area contributed by atoms with Crippen LogP contribution < -0.4 is 9.47 Å². The number of ether oxygens (including phenoxy) is 2. The molecule has 7 nitrogen and oxygen atoms in total. The molecular weight excluding hydrogens is 326 g/mol. The number of hydrogen-bond donors (Lipinski definition) is 2. The van der Waals surface area contributed by atoms with Crippen LogP contribution in [0.3, 0.4) is 0 Å². The highest BCUT2D eigenvalue weighted by atomic mass is 16.6. The number of carbonyl (C=O) groups is 2. The van der Waals surface area contributed by atoms with E-state index in [4.69, 9.17) is 14.6 Å². The second-order valence-electron chi connectivity index (χ2n) is 5.33. The van der Waals surface area contributed by atoms with E-state index in [2.05, 4.69) is 0 Å². The minimum atomic E-state index is -1.16. The number of phenolic OH excluding ortho intramolecular Hbond substituents is 1. The Labute approximate surface area is 145 Å². The summed E-state index contributed by atoms with van der Waals surface area (Å²) >= 11 is 0. The van der Waals surface area contributed by atoms with Gasteiger partial charge in [0.15, 0.2) is 0 Å². The highest BCUT2D eigenvalue weighted by Gasteiger charge is 2.25. The lowest BCUT2D eigenvalue weighted by Crippen LogP contribution is -2.39. The van der Waals surface area contributed by atoms with E-state index in [1.54, 1.807) is 43.3 Å². The first-order valence-corrected chi connectivity index (χ1v) is 7.54. The molecule has 2 N–H and O–H groups in total. The van der Waals surface area contributed by atoms with Gasteiger partial charge in [-0.15, -0.1) is 0 Å². The number of carbonyl (C=O) groups excluding carboxylic acids is 1. The quantitative estimate of drug-likeness (QED) is 0.835. The van der Waals surface area contributed by atoms with Crippen LogP contribution in [0.5, 0.6) is 17.2 Å². The Kier molecular flexibility index (Phi) is 5.84. The third-order valence-electron chi connectivity index (χ3n) is 3.65. The molecular formula is C18H19NO6. The van der Waals surface area contributed by atoms with Gasteiger partial charge < -0.3 is 19.7 Å². The summed E-state index contributed by atoms with van der Waals surface area (Å²) in [7, 11) is 1.52. The van der Waals surface area contributed by atoms with Crippen molar-refractivity contribution in [2.24, 2.45) is 0 Å². The maximum atomic E-state index is 12.4. The summed E-state index contributed by atoms with van der Waals surface area (Å²) in [4.78, 5) is 24.7. The van der Waals surface area contributed by atoms with E-state index in [1.165, 1.54) is 19.2 Å². The fourth-order valence-electron chi connectivity index (χ4n) is 2.24. The van der Waals surface area contributed by atoms with Crippen molar-refractivity contribution >= 4 is 12.1 Å². The van der Waals surface area contributed by atoms with Gasteiger partial charge in [0.2, 0.25) is 0 Å². The summed E-state index contributed by atoms with van der Waals surface area (Å²) in [6, 6.07) is 12.0. The lowest BCUT2D eigenvalue weighted by molar-refractivity contribution is -0.138. The molecule has 2 aromatic rings. The number of rotatable bonds is 6. The van der Waals surface area contributed by atoms with Crippen LogP contribution in [0.1, 0.15) is 18.5 Å². The Bertz CT molecular complexity index is 726. The van der Waals surface area contributed by atoms with Crippen molar-refractivity contribution < 1.29 is 29.3 Å². The molecule has 0 bridgehead atoms. The summed E-state index contributed by atoms with van der Waals surface area (Å²) < 4.78 is 10.3. The molecule has 1 atom stereocenters. The van der Waals surface area contributed by atoms with E-state index in [9.17, 15) is 14.7 Å². The Morgan fingerprint density at radius 1 is 1.04 bits per heavy atom. The van der Waals surface area contributed by atoms with E-state index >= 15 is 0 Å². The van der Waals surface area contributed by atoms with Crippen molar-refractivity contribution in [2.45, 2.75) is 13.0 Å². The zero-order chi connectivity index (χ0) is 18.4. The molecule has 0 saturated carbocycles. The van der Waals surface area contributed by atoms with Gasteiger partial charge in [0.05, 0.1) is 13.2 Å². The molecule has 0 fully saturated rings. The SMILES string of the molecule is COc1ccc(OC(=O)N(CC(=O)O)[C@@H](C)c2ccc(O)cc2)cc1. The summed E-state index contributed by atoms with van der Waals surface area (Å²) in [5.74, 6) is -0.183. The van der Waals surface area contributed by atoms with Gasteiger partial charge in [-0.25, -0.2) is 4.79 Å². The number of amides is 1. The van der Waals surface area contributed by atoms with Crippen LogP contribution in [0.25, 0.3) is 0 Å². The number of carboxylic acids is 1. The molecule has 0 aliphatic carbocycles. The van der Waals surface area contributed by atoms with E-state index < -0.39 is 24.6 Å². The maximum Gasteiger partial charge on any atom is 0.416 e.